The van der Waals surface area contributed by atoms with Crippen LogP contribution in [-0.4, -0.2) is 18.1 Å². The van der Waals surface area contributed by atoms with Crippen LogP contribution in [0.1, 0.15) is 53.9 Å². The van der Waals surface area contributed by atoms with Crippen molar-refractivity contribution in [3.63, 3.8) is 0 Å². The van der Waals surface area contributed by atoms with Crippen LogP contribution in [0.4, 0.5) is 0 Å². The zero-order valence-corrected chi connectivity index (χ0v) is 11.1. The molecule has 0 amide bonds. The van der Waals surface area contributed by atoms with Gasteiger partial charge in [0.15, 0.2) is 0 Å². The molecular weight excluding hydrogens is 184 g/mol. The van der Waals surface area contributed by atoms with Crippen LogP contribution in [0.25, 0.3) is 0 Å². The molecule has 0 aliphatic heterocycles. The Kier molecular flexibility index (Phi) is 3.83. The first kappa shape index (κ1) is 13.0. The first-order valence-corrected chi connectivity index (χ1v) is 6.30. The summed E-state index contributed by atoms with van der Waals surface area (Å²) in [5.41, 5.74) is 6.22. The lowest BCUT2D eigenvalue weighted by atomic mass is 9.75. The molecule has 0 aromatic heterocycles. The highest BCUT2D eigenvalue weighted by Crippen LogP contribution is 2.36. The molecular formula is C13H28N2. The second-order valence-corrected chi connectivity index (χ2v) is 6.38. The van der Waals surface area contributed by atoms with Crippen molar-refractivity contribution in [3.05, 3.63) is 0 Å². The molecule has 0 saturated heterocycles. The van der Waals surface area contributed by atoms with Crippen LogP contribution in [0.5, 0.6) is 0 Å². The molecule has 0 spiro atoms. The highest BCUT2D eigenvalue weighted by Gasteiger charge is 2.39. The molecule has 90 valence electrons. The molecule has 2 unspecified atom stereocenters. The summed E-state index contributed by atoms with van der Waals surface area (Å²) >= 11 is 0. The summed E-state index contributed by atoms with van der Waals surface area (Å²) in [5, 5.41) is 3.66. The zero-order valence-electron chi connectivity index (χ0n) is 11.1. The molecule has 0 aromatic carbocycles. The Balaban J connectivity index is 2.26. The van der Waals surface area contributed by atoms with Crippen LogP contribution in [0, 0.1) is 11.3 Å². The Morgan fingerprint density at radius 2 is 1.87 bits per heavy atom. The van der Waals surface area contributed by atoms with Crippen LogP contribution in [-0.2, 0) is 0 Å². The van der Waals surface area contributed by atoms with Crippen LogP contribution < -0.4 is 11.1 Å². The molecule has 3 N–H and O–H groups in total. The van der Waals surface area contributed by atoms with Crippen molar-refractivity contribution in [1.29, 1.82) is 0 Å². The van der Waals surface area contributed by atoms with Gasteiger partial charge >= 0.3 is 0 Å². The SMILES string of the molecule is CCCC1CC1NCC(C)(C)C(C)(C)N. The topological polar surface area (TPSA) is 38.0 Å². The fourth-order valence-electron chi connectivity index (χ4n) is 1.80. The lowest BCUT2D eigenvalue weighted by molar-refractivity contribution is 0.193. The van der Waals surface area contributed by atoms with Crippen molar-refractivity contribution >= 4 is 0 Å². The van der Waals surface area contributed by atoms with Gasteiger partial charge in [0.1, 0.15) is 0 Å². The average Bonchev–Trinajstić information content (AvgIpc) is 2.79. The highest BCUT2D eigenvalue weighted by molar-refractivity contribution is 4.97. The third-order valence-electron chi connectivity index (χ3n) is 4.13. The van der Waals surface area contributed by atoms with E-state index < -0.39 is 0 Å². The van der Waals surface area contributed by atoms with Gasteiger partial charge < -0.3 is 11.1 Å². The lowest BCUT2D eigenvalue weighted by Gasteiger charge is -2.39. The monoisotopic (exact) mass is 212 g/mol. The minimum absolute atomic E-state index is 0.116. The predicted octanol–water partition coefficient (Wildman–Crippen LogP) is 2.53. The van der Waals surface area contributed by atoms with Crippen LogP contribution in [0.15, 0.2) is 0 Å². The van der Waals surface area contributed by atoms with E-state index in [0.29, 0.717) is 0 Å². The molecule has 1 aliphatic rings. The van der Waals surface area contributed by atoms with Crippen molar-refractivity contribution in [3.8, 4) is 0 Å². The number of hydrogen-bond donors (Lipinski definition) is 2. The first-order chi connectivity index (χ1) is 6.78. The Hall–Kier alpha value is -0.0800. The average molecular weight is 212 g/mol. The minimum atomic E-state index is -0.116. The van der Waals surface area contributed by atoms with E-state index in [1.54, 1.807) is 0 Å². The smallest absolute Gasteiger partial charge is 0.0161 e. The maximum Gasteiger partial charge on any atom is 0.0161 e. The van der Waals surface area contributed by atoms with Gasteiger partial charge in [-0.3, -0.25) is 0 Å². The van der Waals surface area contributed by atoms with Crippen LogP contribution >= 0.6 is 0 Å². The second kappa shape index (κ2) is 4.42. The van der Waals surface area contributed by atoms with Crippen LogP contribution in [0.3, 0.4) is 0 Å². The van der Waals surface area contributed by atoms with Crippen molar-refractivity contribution in [2.24, 2.45) is 17.1 Å². The molecule has 1 rings (SSSR count). The Morgan fingerprint density at radius 1 is 1.27 bits per heavy atom. The van der Waals surface area contributed by atoms with Gasteiger partial charge in [-0.25, -0.2) is 0 Å². The number of hydrogen-bond acceptors (Lipinski definition) is 2. The molecule has 2 nitrogen and oxygen atoms in total. The van der Waals surface area contributed by atoms with Crippen molar-refractivity contribution in [2.45, 2.75) is 65.5 Å². The highest BCUT2D eigenvalue weighted by atomic mass is 15.0. The van der Waals surface area contributed by atoms with E-state index >= 15 is 0 Å². The first-order valence-electron chi connectivity index (χ1n) is 6.30. The number of nitrogens with two attached hydrogens (primary N) is 1. The summed E-state index contributed by atoms with van der Waals surface area (Å²) in [4.78, 5) is 0. The number of rotatable bonds is 6. The largest absolute Gasteiger partial charge is 0.325 e. The van der Waals surface area contributed by atoms with Gasteiger partial charge in [0.05, 0.1) is 0 Å². The summed E-state index contributed by atoms with van der Waals surface area (Å²) in [5.74, 6) is 0.937. The Labute approximate surface area is 95.0 Å². The molecule has 0 aromatic rings. The minimum Gasteiger partial charge on any atom is -0.325 e. The maximum atomic E-state index is 6.17. The lowest BCUT2D eigenvalue weighted by Crippen LogP contribution is -2.52. The summed E-state index contributed by atoms with van der Waals surface area (Å²) in [6.07, 6.45) is 4.06. The van der Waals surface area contributed by atoms with Crippen LogP contribution in [0.2, 0.25) is 0 Å². The third-order valence-corrected chi connectivity index (χ3v) is 4.13. The van der Waals surface area contributed by atoms with E-state index in [4.69, 9.17) is 5.73 Å². The molecule has 1 aliphatic carbocycles. The predicted molar refractivity (Wildman–Crippen MR) is 66.9 cm³/mol. The van der Waals surface area contributed by atoms with Crippen molar-refractivity contribution in [1.82, 2.24) is 5.32 Å². The van der Waals surface area contributed by atoms with Gasteiger partial charge in [0.2, 0.25) is 0 Å². The van der Waals surface area contributed by atoms with E-state index in [-0.39, 0.29) is 11.0 Å². The Bertz CT molecular complexity index is 203. The molecule has 1 saturated carbocycles. The standard InChI is InChI=1S/C13H28N2/c1-6-7-10-8-11(10)15-9-12(2,3)13(4,5)14/h10-11,15H,6-9,14H2,1-5H3. The van der Waals surface area contributed by atoms with Gasteiger partial charge in [-0.05, 0) is 38.0 Å². The molecule has 2 heteroatoms. The van der Waals surface area contributed by atoms with Gasteiger partial charge in [-0.1, -0.05) is 27.2 Å². The quantitative estimate of drug-likeness (QED) is 0.710. The fraction of sp³-hybridized carbons (Fsp3) is 1.00. The van der Waals surface area contributed by atoms with E-state index in [2.05, 4.69) is 39.9 Å². The molecule has 2 atom stereocenters. The fourth-order valence-corrected chi connectivity index (χ4v) is 1.80. The second-order valence-electron chi connectivity index (χ2n) is 6.38. The van der Waals surface area contributed by atoms with E-state index in [9.17, 15) is 0 Å². The van der Waals surface area contributed by atoms with E-state index in [1.807, 2.05) is 0 Å². The van der Waals surface area contributed by atoms with Crippen molar-refractivity contribution in [2.75, 3.05) is 6.54 Å². The molecule has 15 heavy (non-hydrogen) atoms. The zero-order chi connectivity index (χ0) is 11.7. The van der Waals surface area contributed by atoms with E-state index in [0.717, 1.165) is 18.5 Å². The summed E-state index contributed by atoms with van der Waals surface area (Å²) in [6.45, 7) is 12.0. The third kappa shape index (κ3) is 3.46. The summed E-state index contributed by atoms with van der Waals surface area (Å²) in [6, 6.07) is 0.770. The molecule has 1 fully saturated rings. The molecule has 0 radical (unpaired) electrons. The van der Waals surface area contributed by atoms with Crippen molar-refractivity contribution < 1.29 is 0 Å². The number of nitrogens with one attached hydrogen (secondary N) is 1. The van der Waals surface area contributed by atoms with Gasteiger partial charge in [0.25, 0.3) is 0 Å². The molecule has 0 bridgehead atoms. The molecule has 0 heterocycles. The van der Waals surface area contributed by atoms with Gasteiger partial charge in [-0.15, -0.1) is 0 Å². The van der Waals surface area contributed by atoms with Gasteiger partial charge in [-0.2, -0.15) is 0 Å². The Morgan fingerprint density at radius 3 is 2.33 bits per heavy atom. The maximum absolute atomic E-state index is 6.17. The van der Waals surface area contributed by atoms with Gasteiger partial charge in [0, 0.05) is 18.1 Å². The summed E-state index contributed by atoms with van der Waals surface area (Å²) in [7, 11) is 0. The normalized spacial score (nSPS) is 26.8. The van der Waals surface area contributed by atoms with E-state index in [1.165, 1.54) is 19.3 Å². The summed E-state index contributed by atoms with van der Waals surface area (Å²) < 4.78 is 0.